The van der Waals surface area contributed by atoms with Crippen LogP contribution in [0.2, 0.25) is 0 Å². The number of ketones is 1. The van der Waals surface area contributed by atoms with E-state index < -0.39 is 17.6 Å². The molecule has 0 aliphatic carbocycles. The third kappa shape index (κ3) is 3.96. The molecule has 3 rings (SSSR count). The van der Waals surface area contributed by atoms with Crippen LogP contribution in [-0.2, 0) is 11.2 Å². The summed E-state index contributed by atoms with van der Waals surface area (Å²) in [7, 11) is 0. The Bertz CT molecular complexity index is 953. The fourth-order valence-corrected chi connectivity index (χ4v) is 3.62. The summed E-state index contributed by atoms with van der Waals surface area (Å²) in [5, 5.41) is 9.43. The maximum absolute atomic E-state index is 14.1. The van der Waals surface area contributed by atoms with Gasteiger partial charge in [-0.15, -0.1) is 0 Å². The minimum atomic E-state index is -1.03. The molecule has 0 saturated heterocycles. The van der Waals surface area contributed by atoms with E-state index in [0.717, 1.165) is 11.6 Å². The van der Waals surface area contributed by atoms with Crippen molar-refractivity contribution in [1.82, 2.24) is 0 Å². The van der Waals surface area contributed by atoms with Crippen LogP contribution in [0.5, 0.6) is 0 Å². The number of carboxylic acids is 1. The van der Waals surface area contributed by atoms with Gasteiger partial charge in [0.05, 0.1) is 5.69 Å². The lowest BCUT2D eigenvalue weighted by molar-refractivity contribution is -0.135. The van der Waals surface area contributed by atoms with Crippen molar-refractivity contribution in [2.75, 3.05) is 11.4 Å². The fraction of sp³-hybridized carbons (Fsp3) is 0.273. The average molecular weight is 385 g/mol. The van der Waals surface area contributed by atoms with Crippen molar-refractivity contribution in [2.45, 2.75) is 32.6 Å². The van der Waals surface area contributed by atoms with E-state index in [4.69, 9.17) is 0 Å². The Hall–Kier alpha value is -3.02. The van der Waals surface area contributed by atoms with E-state index in [-0.39, 0.29) is 30.7 Å². The molecule has 2 aromatic carbocycles. The van der Waals surface area contributed by atoms with Crippen LogP contribution in [0.4, 0.5) is 14.5 Å². The van der Waals surface area contributed by atoms with Gasteiger partial charge >= 0.3 is 5.97 Å². The summed E-state index contributed by atoms with van der Waals surface area (Å²) in [6, 6.07) is 10.9. The Morgan fingerprint density at radius 3 is 2.57 bits per heavy atom. The van der Waals surface area contributed by atoms with Crippen molar-refractivity contribution in [3.63, 3.8) is 0 Å². The number of hydrogen-bond acceptors (Lipinski definition) is 3. The fourth-order valence-electron chi connectivity index (χ4n) is 3.62. The topological polar surface area (TPSA) is 57.6 Å². The van der Waals surface area contributed by atoms with Crippen molar-refractivity contribution in [2.24, 2.45) is 0 Å². The number of carbonyl (C=O) groups is 2. The SMILES string of the molecule is CCC1=C(CCc2cccc(F)c2F)N(CC(=O)O)c2ccccc2C(=O)C1. The molecular weight excluding hydrogens is 364 g/mol. The van der Waals surface area contributed by atoms with Gasteiger partial charge in [0.25, 0.3) is 0 Å². The molecule has 0 amide bonds. The average Bonchev–Trinajstić information content (AvgIpc) is 2.78. The highest BCUT2D eigenvalue weighted by molar-refractivity contribution is 6.04. The van der Waals surface area contributed by atoms with Crippen LogP contribution in [-0.4, -0.2) is 23.4 Å². The number of Topliss-reactive ketones (excluding diaryl/α,β-unsaturated/α-hetero) is 1. The van der Waals surface area contributed by atoms with E-state index in [9.17, 15) is 23.5 Å². The summed E-state index contributed by atoms with van der Waals surface area (Å²) in [6.45, 7) is 1.59. The predicted octanol–water partition coefficient (Wildman–Crippen LogP) is 4.74. The molecule has 1 aliphatic rings. The number of benzene rings is 2. The quantitative estimate of drug-likeness (QED) is 0.780. The molecule has 0 radical (unpaired) electrons. The number of para-hydroxylation sites is 1. The first-order valence-corrected chi connectivity index (χ1v) is 9.17. The molecule has 1 aliphatic heterocycles. The van der Waals surface area contributed by atoms with Crippen LogP contribution in [0, 0.1) is 11.6 Å². The number of aliphatic carboxylic acids is 1. The number of halogens is 2. The molecule has 0 bridgehead atoms. The van der Waals surface area contributed by atoms with E-state index in [1.54, 1.807) is 29.2 Å². The second-order valence-corrected chi connectivity index (χ2v) is 6.71. The second-order valence-electron chi connectivity index (χ2n) is 6.71. The number of allylic oxidation sites excluding steroid dienone is 2. The van der Waals surface area contributed by atoms with Crippen LogP contribution in [0.1, 0.15) is 42.1 Å². The number of carbonyl (C=O) groups excluding carboxylic acids is 1. The third-order valence-corrected chi connectivity index (χ3v) is 4.99. The van der Waals surface area contributed by atoms with E-state index in [1.807, 2.05) is 6.92 Å². The Kier molecular flexibility index (Phi) is 5.87. The van der Waals surface area contributed by atoms with Gasteiger partial charge in [0, 0.05) is 17.7 Å². The number of nitrogens with zero attached hydrogens (tertiary/aromatic N) is 1. The lowest BCUT2D eigenvalue weighted by Crippen LogP contribution is -2.30. The standard InChI is InChI=1S/C22H21F2NO3/c1-2-14-12-20(26)16-7-3-4-9-19(16)25(13-21(27)28)18(14)11-10-15-6-5-8-17(23)22(15)24/h3-9H,2,10-13H2,1H3,(H,27,28). The van der Waals surface area contributed by atoms with Crippen molar-refractivity contribution in [1.29, 1.82) is 0 Å². The maximum atomic E-state index is 14.1. The zero-order valence-corrected chi connectivity index (χ0v) is 15.5. The van der Waals surface area contributed by atoms with Gasteiger partial charge in [-0.3, -0.25) is 9.59 Å². The Labute approximate surface area is 162 Å². The van der Waals surface area contributed by atoms with Crippen LogP contribution in [0.3, 0.4) is 0 Å². The predicted molar refractivity (Wildman–Crippen MR) is 102 cm³/mol. The number of rotatable bonds is 6. The highest BCUT2D eigenvalue weighted by Gasteiger charge is 2.28. The number of hydrogen-bond donors (Lipinski definition) is 1. The van der Waals surface area contributed by atoms with Crippen molar-refractivity contribution in [3.8, 4) is 0 Å². The first kappa shape index (κ1) is 19.7. The monoisotopic (exact) mass is 385 g/mol. The molecule has 0 fully saturated rings. The molecule has 0 unspecified atom stereocenters. The molecule has 1 N–H and O–H groups in total. The van der Waals surface area contributed by atoms with E-state index in [2.05, 4.69) is 0 Å². The second kappa shape index (κ2) is 8.33. The maximum Gasteiger partial charge on any atom is 0.323 e. The highest BCUT2D eigenvalue weighted by atomic mass is 19.2. The zero-order valence-electron chi connectivity index (χ0n) is 15.5. The molecule has 6 heteroatoms. The van der Waals surface area contributed by atoms with Gasteiger partial charge in [0.2, 0.25) is 0 Å². The summed E-state index contributed by atoms with van der Waals surface area (Å²) in [5.41, 5.74) is 2.74. The Morgan fingerprint density at radius 2 is 1.86 bits per heavy atom. The minimum Gasteiger partial charge on any atom is -0.480 e. The lowest BCUT2D eigenvalue weighted by Gasteiger charge is -2.28. The normalized spacial score (nSPS) is 14.1. The van der Waals surface area contributed by atoms with E-state index in [1.165, 1.54) is 12.1 Å². The molecule has 4 nitrogen and oxygen atoms in total. The molecule has 0 saturated carbocycles. The molecule has 146 valence electrons. The van der Waals surface area contributed by atoms with Crippen molar-refractivity contribution >= 4 is 17.4 Å². The van der Waals surface area contributed by atoms with Gasteiger partial charge in [0.15, 0.2) is 17.4 Å². The van der Waals surface area contributed by atoms with Gasteiger partial charge in [-0.1, -0.05) is 31.2 Å². The molecule has 1 heterocycles. The summed E-state index contributed by atoms with van der Waals surface area (Å²) < 4.78 is 27.6. The Balaban J connectivity index is 2.04. The van der Waals surface area contributed by atoms with Crippen LogP contribution in [0.15, 0.2) is 53.7 Å². The molecule has 28 heavy (non-hydrogen) atoms. The van der Waals surface area contributed by atoms with Crippen molar-refractivity contribution in [3.05, 3.63) is 76.5 Å². The smallest absolute Gasteiger partial charge is 0.323 e. The van der Waals surface area contributed by atoms with Crippen LogP contribution in [0.25, 0.3) is 0 Å². The molecular formula is C22H21F2NO3. The van der Waals surface area contributed by atoms with Gasteiger partial charge in [-0.25, -0.2) is 8.78 Å². The number of aryl methyl sites for hydroxylation is 1. The molecule has 0 atom stereocenters. The largest absolute Gasteiger partial charge is 0.480 e. The van der Waals surface area contributed by atoms with Gasteiger partial charge < -0.3 is 10.0 Å². The number of anilines is 1. The van der Waals surface area contributed by atoms with Gasteiger partial charge in [-0.05, 0) is 48.6 Å². The zero-order chi connectivity index (χ0) is 20.3. The third-order valence-electron chi connectivity index (χ3n) is 4.99. The number of carboxylic acid groups (broad SMARTS) is 1. The van der Waals surface area contributed by atoms with Crippen molar-refractivity contribution < 1.29 is 23.5 Å². The first-order chi connectivity index (χ1) is 13.4. The van der Waals surface area contributed by atoms with Gasteiger partial charge in [-0.2, -0.15) is 0 Å². The summed E-state index contributed by atoms with van der Waals surface area (Å²) in [5.74, 6) is -2.91. The highest BCUT2D eigenvalue weighted by Crippen LogP contribution is 2.35. The summed E-state index contributed by atoms with van der Waals surface area (Å²) >= 11 is 0. The van der Waals surface area contributed by atoms with E-state index in [0.29, 0.717) is 29.8 Å². The summed E-state index contributed by atoms with van der Waals surface area (Å²) in [4.78, 5) is 25.9. The van der Waals surface area contributed by atoms with Gasteiger partial charge in [0.1, 0.15) is 6.54 Å². The van der Waals surface area contributed by atoms with Crippen LogP contribution < -0.4 is 4.90 Å². The molecule has 2 aromatic rings. The molecule has 0 aromatic heterocycles. The lowest BCUT2D eigenvalue weighted by atomic mass is 9.98. The minimum absolute atomic E-state index is 0.0743. The van der Waals surface area contributed by atoms with E-state index >= 15 is 0 Å². The molecule has 0 spiro atoms. The van der Waals surface area contributed by atoms with Crippen LogP contribution >= 0.6 is 0 Å². The summed E-state index contributed by atoms with van der Waals surface area (Å²) in [6.07, 6.45) is 1.26. The Morgan fingerprint density at radius 1 is 1.11 bits per heavy atom. The number of fused-ring (bicyclic) bond motifs is 1. The first-order valence-electron chi connectivity index (χ1n) is 9.17.